The van der Waals surface area contributed by atoms with Crippen LogP contribution in [0.1, 0.15) is 24.8 Å². The van der Waals surface area contributed by atoms with Gasteiger partial charge in [-0.2, -0.15) is 0 Å². The number of aliphatic hydroxyl groups is 1. The average Bonchev–Trinajstić information content (AvgIpc) is 2.97. The highest BCUT2D eigenvalue weighted by Crippen LogP contribution is 2.25. The van der Waals surface area contributed by atoms with Crippen molar-refractivity contribution in [3.63, 3.8) is 0 Å². The number of aliphatic imine (C=N–C) groups is 1. The molecule has 1 atom stereocenters. The van der Waals surface area contributed by atoms with Gasteiger partial charge in [0.2, 0.25) is 0 Å². The maximum atomic E-state index is 9.39. The van der Waals surface area contributed by atoms with Gasteiger partial charge in [0.15, 0.2) is 0 Å². The lowest BCUT2D eigenvalue weighted by atomic mass is 10.1. The third kappa shape index (κ3) is 2.59. The lowest BCUT2D eigenvalue weighted by Crippen LogP contribution is -2.32. The fourth-order valence-corrected chi connectivity index (χ4v) is 2.90. The van der Waals surface area contributed by atoms with Crippen LogP contribution in [-0.2, 0) is 0 Å². The summed E-state index contributed by atoms with van der Waals surface area (Å²) in [6.07, 6.45) is 3.38. The minimum atomic E-state index is 0.246. The quantitative estimate of drug-likeness (QED) is 0.862. The van der Waals surface area contributed by atoms with Crippen LogP contribution in [0.5, 0.6) is 0 Å². The first-order valence-electron chi connectivity index (χ1n) is 7.15. The van der Waals surface area contributed by atoms with Crippen molar-refractivity contribution in [3.05, 3.63) is 29.8 Å². The second kappa shape index (κ2) is 5.61. The van der Waals surface area contributed by atoms with E-state index in [1.807, 2.05) is 0 Å². The van der Waals surface area contributed by atoms with Gasteiger partial charge in [0.05, 0.1) is 12.6 Å². The number of anilines is 1. The largest absolute Gasteiger partial charge is 0.394 e. The van der Waals surface area contributed by atoms with Crippen LogP contribution in [0.25, 0.3) is 0 Å². The second-order valence-corrected chi connectivity index (χ2v) is 5.23. The third-order valence-corrected chi connectivity index (χ3v) is 3.96. The van der Waals surface area contributed by atoms with Crippen LogP contribution in [0.2, 0.25) is 0 Å². The summed E-state index contributed by atoms with van der Waals surface area (Å²) < 4.78 is 0. The molecule has 4 heteroatoms. The Morgan fingerprint density at radius 3 is 2.79 bits per heavy atom. The first-order chi connectivity index (χ1) is 9.38. The number of nitrogens with zero attached hydrogens (tertiary/aromatic N) is 2. The van der Waals surface area contributed by atoms with E-state index in [0.717, 1.165) is 43.9 Å². The van der Waals surface area contributed by atoms with E-state index in [9.17, 15) is 5.11 Å². The van der Waals surface area contributed by atoms with Gasteiger partial charge in [-0.25, -0.2) is 0 Å². The molecule has 0 aromatic heterocycles. The van der Waals surface area contributed by atoms with Crippen LogP contribution >= 0.6 is 0 Å². The third-order valence-electron chi connectivity index (χ3n) is 3.96. The molecule has 1 fully saturated rings. The number of nitrogens with one attached hydrogen (secondary N) is 1. The monoisotopic (exact) mass is 259 g/mol. The van der Waals surface area contributed by atoms with E-state index in [4.69, 9.17) is 0 Å². The Kier molecular flexibility index (Phi) is 3.69. The minimum absolute atomic E-state index is 0.246. The van der Waals surface area contributed by atoms with Crippen molar-refractivity contribution in [3.8, 4) is 0 Å². The fourth-order valence-electron chi connectivity index (χ4n) is 2.90. The molecular formula is C15H21N3O. The number of benzene rings is 1. The summed E-state index contributed by atoms with van der Waals surface area (Å²) in [7, 11) is 0. The standard InChI is InChI=1S/C15H21N3O/c19-11-14-3-1-10-18(14)13-6-4-12(5-7-13)15-16-8-2-9-17-15/h4-7,14,19H,1-3,8-11H2,(H,16,17). The molecule has 0 spiro atoms. The van der Waals surface area contributed by atoms with Gasteiger partial charge in [-0.1, -0.05) is 0 Å². The van der Waals surface area contributed by atoms with Gasteiger partial charge in [0.1, 0.15) is 5.84 Å². The molecule has 2 N–H and O–H groups in total. The van der Waals surface area contributed by atoms with Crippen molar-refractivity contribution < 1.29 is 5.11 Å². The van der Waals surface area contributed by atoms with Gasteiger partial charge < -0.3 is 15.3 Å². The highest BCUT2D eigenvalue weighted by molar-refractivity contribution is 5.99. The minimum Gasteiger partial charge on any atom is -0.394 e. The Labute approximate surface area is 114 Å². The molecule has 1 aromatic carbocycles. The van der Waals surface area contributed by atoms with E-state index < -0.39 is 0 Å². The summed E-state index contributed by atoms with van der Waals surface area (Å²) in [4.78, 5) is 6.82. The Morgan fingerprint density at radius 2 is 2.11 bits per heavy atom. The molecule has 1 saturated heterocycles. The van der Waals surface area contributed by atoms with Crippen LogP contribution in [0.3, 0.4) is 0 Å². The molecule has 2 heterocycles. The number of hydrogen-bond acceptors (Lipinski definition) is 4. The molecule has 0 aliphatic carbocycles. The predicted molar refractivity (Wildman–Crippen MR) is 77.9 cm³/mol. The Bertz CT molecular complexity index is 455. The molecule has 0 amide bonds. The SMILES string of the molecule is OCC1CCCN1c1ccc(C2=NCCCN2)cc1. The average molecular weight is 259 g/mol. The van der Waals surface area contributed by atoms with Crippen LogP contribution in [-0.4, -0.2) is 43.2 Å². The molecule has 0 radical (unpaired) electrons. The molecule has 0 bridgehead atoms. The number of hydrogen-bond donors (Lipinski definition) is 2. The molecular weight excluding hydrogens is 238 g/mol. The molecule has 2 aliphatic rings. The van der Waals surface area contributed by atoms with Crippen molar-refractivity contribution >= 4 is 11.5 Å². The first kappa shape index (κ1) is 12.5. The maximum absolute atomic E-state index is 9.39. The van der Waals surface area contributed by atoms with E-state index in [1.165, 1.54) is 12.1 Å². The molecule has 102 valence electrons. The zero-order valence-electron chi connectivity index (χ0n) is 11.2. The van der Waals surface area contributed by atoms with E-state index in [-0.39, 0.29) is 12.6 Å². The topological polar surface area (TPSA) is 47.9 Å². The number of aliphatic hydroxyl groups excluding tert-OH is 1. The van der Waals surface area contributed by atoms with Gasteiger partial charge in [-0.05, 0) is 43.5 Å². The summed E-state index contributed by atoms with van der Waals surface area (Å²) in [5.74, 6) is 1.01. The lowest BCUT2D eigenvalue weighted by Gasteiger charge is -2.25. The number of amidine groups is 1. The van der Waals surface area contributed by atoms with Crippen molar-refractivity contribution in [2.45, 2.75) is 25.3 Å². The summed E-state index contributed by atoms with van der Waals surface area (Å²) in [6, 6.07) is 8.82. The highest BCUT2D eigenvalue weighted by Gasteiger charge is 2.23. The van der Waals surface area contributed by atoms with Gasteiger partial charge in [0, 0.05) is 30.9 Å². The molecule has 1 aromatic rings. The normalized spacial score (nSPS) is 23.1. The van der Waals surface area contributed by atoms with E-state index in [1.54, 1.807) is 0 Å². The van der Waals surface area contributed by atoms with Crippen molar-refractivity contribution in [2.75, 3.05) is 31.1 Å². The zero-order chi connectivity index (χ0) is 13.1. The van der Waals surface area contributed by atoms with Gasteiger partial charge in [-0.3, -0.25) is 4.99 Å². The van der Waals surface area contributed by atoms with Crippen LogP contribution < -0.4 is 10.2 Å². The summed E-state index contributed by atoms with van der Waals surface area (Å²) in [5.41, 5.74) is 2.36. The second-order valence-electron chi connectivity index (χ2n) is 5.23. The van der Waals surface area contributed by atoms with Gasteiger partial charge in [-0.15, -0.1) is 0 Å². The highest BCUT2D eigenvalue weighted by atomic mass is 16.3. The van der Waals surface area contributed by atoms with Crippen LogP contribution in [0, 0.1) is 0 Å². The predicted octanol–water partition coefficient (Wildman–Crippen LogP) is 1.39. The van der Waals surface area contributed by atoms with Crippen molar-refractivity contribution in [1.82, 2.24) is 5.32 Å². The molecule has 3 rings (SSSR count). The Hall–Kier alpha value is -1.55. The van der Waals surface area contributed by atoms with E-state index in [2.05, 4.69) is 39.5 Å². The molecule has 4 nitrogen and oxygen atoms in total. The Morgan fingerprint density at radius 1 is 1.26 bits per heavy atom. The molecule has 19 heavy (non-hydrogen) atoms. The van der Waals surface area contributed by atoms with E-state index >= 15 is 0 Å². The first-order valence-corrected chi connectivity index (χ1v) is 7.15. The fraction of sp³-hybridized carbons (Fsp3) is 0.533. The van der Waals surface area contributed by atoms with Gasteiger partial charge >= 0.3 is 0 Å². The smallest absolute Gasteiger partial charge is 0.128 e. The molecule has 2 aliphatic heterocycles. The number of rotatable bonds is 3. The van der Waals surface area contributed by atoms with Crippen molar-refractivity contribution in [1.29, 1.82) is 0 Å². The van der Waals surface area contributed by atoms with Crippen molar-refractivity contribution in [2.24, 2.45) is 4.99 Å². The molecule has 1 unspecified atom stereocenters. The van der Waals surface area contributed by atoms with Crippen LogP contribution in [0.4, 0.5) is 5.69 Å². The maximum Gasteiger partial charge on any atom is 0.128 e. The van der Waals surface area contributed by atoms with E-state index in [0.29, 0.717) is 0 Å². The molecule has 0 saturated carbocycles. The van der Waals surface area contributed by atoms with Crippen LogP contribution in [0.15, 0.2) is 29.3 Å². The Balaban J connectivity index is 1.77. The lowest BCUT2D eigenvalue weighted by molar-refractivity contribution is 0.266. The zero-order valence-corrected chi connectivity index (χ0v) is 11.2. The summed E-state index contributed by atoms with van der Waals surface area (Å²) >= 11 is 0. The van der Waals surface area contributed by atoms with Gasteiger partial charge in [0.25, 0.3) is 0 Å². The summed E-state index contributed by atoms with van der Waals surface area (Å²) in [6.45, 7) is 3.22. The summed E-state index contributed by atoms with van der Waals surface area (Å²) in [5, 5.41) is 12.7.